The van der Waals surface area contributed by atoms with Crippen molar-refractivity contribution in [3.8, 4) is 22.9 Å². The molecule has 0 bridgehead atoms. The molecule has 0 aliphatic rings. The van der Waals surface area contributed by atoms with E-state index in [9.17, 15) is 9.59 Å². The van der Waals surface area contributed by atoms with Gasteiger partial charge in [-0.25, -0.2) is 4.98 Å². The Morgan fingerprint density at radius 3 is 3.00 bits per heavy atom. The summed E-state index contributed by atoms with van der Waals surface area (Å²) in [5, 5.41) is 5.03. The van der Waals surface area contributed by atoms with Gasteiger partial charge in [-0.2, -0.15) is 0 Å². The van der Waals surface area contributed by atoms with Crippen LogP contribution >= 0.6 is 27.3 Å². The van der Waals surface area contributed by atoms with E-state index in [1.54, 1.807) is 5.38 Å². The number of hydrogen-bond donors (Lipinski definition) is 1. The van der Waals surface area contributed by atoms with Gasteiger partial charge < -0.3 is 10.1 Å². The topological polar surface area (TPSA) is 68.3 Å². The molecule has 118 valence electrons. The van der Waals surface area contributed by atoms with Crippen LogP contribution in [0.4, 0.5) is 0 Å². The van der Waals surface area contributed by atoms with E-state index in [4.69, 9.17) is 11.2 Å². The molecular formula is C16H13BrN2O3S. The van der Waals surface area contributed by atoms with E-state index in [1.807, 2.05) is 24.3 Å². The van der Waals surface area contributed by atoms with Gasteiger partial charge in [-0.15, -0.1) is 17.8 Å². The van der Waals surface area contributed by atoms with E-state index < -0.39 is 11.9 Å². The van der Waals surface area contributed by atoms with Crippen LogP contribution in [0.5, 0.6) is 0 Å². The van der Waals surface area contributed by atoms with Crippen molar-refractivity contribution >= 4 is 39.1 Å². The number of halogens is 1. The molecule has 1 N–H and O–H groups in total. The van der Waals surface area contributed by atoms with Gasteiger partial charge >= 0.3 is 5.97 Å². The highest BCUT2D eigenvalue weighted by Gasteiger charge is 2.12. The van der Waals surface area contributed by atoms with Crippen molar-refractivity contribution in [2.24, 2.45) is 0 Å². The van der Waals surface area contributed by atoms with Gasteiger partial charge in [0.1, 0.15) is 5.01 Å². The maximum Gasteiger partial charge on any atom is 0.312 e. The Morgan fingerprint density at radius 2 is 2.26 bits per heavy atom. The molecule has 5 nitrogen and oxygen atoms in total. The Labute approximate surface area is 146 Å². The first-order valence-corrected chi connectivity index (χ1v) is 8.32. The van der Waals surface area contributed by atoms with E-state index in [1.165, 1.54) is 11.3 Å². The minimum absolute atomic E-state index is 0.0208. The minimum Gasteiger partial charge on any atom is -0.455 e. The van der Waals surface area contributed by atoms with Crippen LogP contribution in [0.1, 0.15) is 5.69 Å². The molecule has 1 aromatic carbocycles. The lowest BCUT2D eigenvalue weighted by molar-refractivity contribution is -0.147. The van der Waals surface area contributed by atoms with Gasteiger partial charge in [0.25, 0.3) is 5.91 Å². The molecule has 0 fully saturated rings. The van der Waals surface area contributed by atoms with Crippen LogP contribution in [0.3, 0.4) is 0 Å². The van der Waals surface area contributed by atoms with Crippen LogP contribution in [-0.2, 0) is 20.7 Å². The van der Waals surface area contributed by atoms with Gasteiger partial charge in [0.15, 0.2) is 6.61 Å². The summed E-state index contributed by atoms with van der Waals surface area (Å²) in [6.07, 6.45) is 5.03. The Hall–Kier alpha value is -2.17. The minimum atomic E-state index is -0.507. The lowest BCUT2D eigenvalue weighted by atomic mass is 10.2. The molecule has 0 aliphatic heterocycles. The molecule has 0 aliphatic carbocycles. The highest BCUT2D eigenvalue weighted by atomic mass is 79.9. The second kappa shape index (κ2) is 8.46. The van der Waals surface area contributed by atoms with Crippen molar-refractivity contribution in [3.63, 3.8) is 0 Å². The third-order valence-electron chi connectivity index (χ3n) is 2.70. The van der Waals surface area contributed by atoms with Crippen LogP contribution in [0.2, 0.25) is 0 Å². The van der Waals surface area contributed by atoms with Gasteiger partial charge in [-0.05, 0) is 12.1 Å². The van der Waals surface area contributed by atoms with Crippen LogP contribution in [0, 0.1) is 12.3 Å². The molecule has 0 radical (unpaired) electrons. The maximum absolute atomic E-state index is 11.7. The molecule has 0 saturated carbocycles. The van der Waals surface area contributed by atoms with E-state index in [0.29, 0.717) is 5.69 Å². The smallest absolute Gasteiger partial charge is 0.312 e. The van der Waals surface area contributed by atoms with Gasteiger partial charge in [-0.1, -0.05) is 34.0 Å². The first kappa shape index (κ1) is 17.2. The Bertz CT molecular complexity index is 752. The number of ether oxygens (including phenoxy) is 1. The lowest BCUT2D eigenvalue weighted by Crippen LogP contribution is -2.29. The summed E-state index contributed by atoms with van der Waals surface area (Å²) in [5.41, 5.74) is 1.58. The van der Waals surface area contributed by atoms with Crippen molar-refractivity contribution in [2.75, 3.05) is 13.2 Å². The summed E-state index contributed by atoms with van der Waals surface area (Å²) in [6.45, 7) is -0.235. The number of esters is 1. The number of benzene rings is 1. The number of nitrogens with one attached hydrogen (secondary N) is 1. The third-order valence-corrected chi connectivity index (χ3v) is 4.13. The number of amides is 1. The Kier molecular flexibility index (Phi) is 6.32. The number of terminal acetylenes is 1. The zero-order valence-electron chi connectivity index (χ0n) is 12.0. The van der Waals surface area contributed by atoms with E-state index in [-0.39, 0.29) is 19.6 Å². The maximum atomic E-state index is 11.7. The fraction of sp³-hybridized carbons (Fsp3) is 0.188. The SMILES string of the molecule is C#CCNC(=O)COC(=O)Cc1csc(-c2cccc(Br)c2)n1. The van der Waals surface area contributed by atoms with Gasteiger partial charge in [0, 0.05) is 15.4 Å². The normalized spacial score (nSPS) is 9.91. The molecule has 2 rings (SSSR count). The predicted molar refractivity (Wildman–Crippen MR) is 91.8 cm³/mol. The molecule has 1 amide bonds. The van der Waals surface area contributed by atoms with Crippen LogP contribution in [0.25, 0.3) is 10.6 Å². The van der Waals surface area contributed by atoms with Gasteiger partial charge in [0.2, 0.25) is 0 Å². The molecule has 0 spiro atoms. The fourth-order valence-electron chi connectivity index (χ4n) is 1.69. The molecule has 1 heterocycles. The number of carbonyl (C=O) groups excluding carboxylic acids is 2. The summed E-state index contributed by atoms with van der Waals surface area (Å²) in [6, 6.07) is 7.75. The van der Waals surface area contributed by atoms with Gasteiger partial charge in [-0.3, -0.25) is 9.59 Å². The summed E-state index contributed by atoms with van der Waals surface area (Å²) >= 11 is 4.86. The largest absolute Gasteiger partial charge is 0.455 e. The first-order valence-electron chi connectivity index (χ1n) is 6.64. The molecule has 2 aromatic rings. The summed E-state index contributed by atoms with van der Waals surface area (Å²) < 4.78 is 5.84. The molecule has 1 aromatic heterocycles. The first-order chi connectivity index (χ1) is 11.1. The number of aromatic nitrogens is 1. The second-order valence-electron chi connectivity index (χ2n) is 4.47. The molecule has 0 unspecified atom stereocenters. The highest BCUT2D eigenvalue weighted by molar-refractivity contribution is 9.10. The number of nitrogens with zero attached hydrogens (tertiary/aromatic N) is 1. The van der Waals surface area contributed by atoms with Crippen LogP contribution in [-0.4, -0.2) is 30.0 Å². The highest BCUT2D eigenvalue weighted by Crippen LogP contribution is 2.26. The third kappa shape index (κ3) is 5.51. The summed E-state index contributed by atoms with van der Waals surface area (Å²) in [4.78, 5) is 27.4. The number of thiazole rings is 1. The summed E-state index contributed by atoms with van der Waals surface area (Å²) in [5.74, 6) is 1.33. The molecule has 23 heavy (non-hydrogen) atoms. The predicted octanol–water partition coefficient (Wildman–Crippen LogP) is 2.41. The standard InChI is InChI=1S/C16H13BrN2O3S/c1-2-6-18-14(20)9-22-15(21)8-13-10-23-16(19-13)11-4-3-5-12(17)7-11/h1,3-5,7,10H,6,8-9H2,(H,18,20). The number of carbonyl (C=O) groups is 2. The monoisotopic (exact) mass is 392 g/mol. The molecule has 7 heteroatoms. The van der Waals surface area contributed by atoms with Crippen molar-refractivity contribution in [1.82, 2.24) is 10.3 Å². The lowest BCUT2D eigenvalue weighted by Gasteiger charge is -2.03. The fourth-order valence-corrected chi connectivity index (χ4v) is 2.90. The molecular weight excluding hydrogens is 380 g/mol. The van der Waals surface area contributed by atoms with Crippen molar-refractivity contribution in [3.05, 3.63) is 39.8 Å². The second-order valence-corrected chi connectivity index (χ2v) is 6.25. The average Bonchev–Trinajstić information content (AvgIpc) is 2.99. The van der Waals surface area contributed by atoms with Crippen LogP contribution in [0.15, 0.2) is 34.1 Å². The quantitative estimate of drug-likeness (QED) is 0.605. The zero-order valence-corrected chi connectivity index (χ0v) is 14.4. The Morgan fingerprint density at radius 1 is 1.43 bits per heavy atom. The van der Waals surface area contributed by atoms with Crippen molar-refractivity contribution in [1.29, 1.82) is 0 Å². The van der Waals surface area contributed by atoms with Crippen molar-refractivity contribution < 1.29 is 14.3 Å². The molecule has 0 atom stereocenters. The van der Waals surface area contributed by atoms with E-state index in [2.05, 4.69) is 32.2 Å². The van der Waals surface area contributed by atoms with Gasteiger partial charge in [0.05, 0.1) is 18.7 Å². The number of hydrogen-bond acceptors (Lipinski definition) is 5. The van der Waals surface area contributed by atoms with E-state index in [0.717, 1.165) is 15.0 Å². The zero-order chi connectivity index (χ0) is 16.7. The molecule has 0 saturated heterocycles. The van der Waals surface area contributed by atoms with Crippen molar-refractivity contribution in [2.45, 2.75) is 6.42 Å². The average molecular weight is 393 g/mol. The summed E-state index contributed by atoms with van der Waals surface area (Å²) in [7, 11) is 0. The van der Waals surface area contributed by atoms with E-state index >= 15 is 0 Å². The number of rotatable bonds is 6. The Balaban J connectivity index is 1.88. The van der Waals surface area contributed by atoms with Crippen LogP contribution < -0.4 is 5.32 Å².